The molecule has 0 aromatic carbocycles. The Hall–Kier alpha value is -1.44. The van der Waals surface area contributed by atoms with E-state index in [0.717, 1.165) is 17.0 Å². The van der Waals surface area contributed by atoms with Crippen molar-refractivity contribution in [2.24, 2.45) is 5.73 Å². The average Bonchev–Trinajstić information content (AvgIpc) is 2.27. The van der Waals surface area contributed by atoms with Crippen LogP contribution in [-0.4, -0.2) is 31.0 Å². The van der Waals surface area contributed by atoms with Crippen molar-refractivity contribution in [2.75, 3.05) is 24.5 Å². The zero-order valence-corrected chi connectivity index (χ0v) is 9.29. The second-order valence-electron chi connectivity index (χ2n) is 3.50. The Balaban J connectivity index is 2.97. The summed E-state index contributed by atoms with van der Waals surface area (Å²) < 4.78 is 61.9. The Bertz CT molecular complexity index is 380. The van der Waals surface area contributed by atoms with Crippen molar-refractivity contribution in [3.63, 3.8) is 0 Å². The van der Waals surface area contributed by atoms with Gasteiger partial charge in [0, 0.05) is 13.1 Å². The molecular formula is C10H12F5N3. The minimum atomic E-state index is -4.60. The number of nitrogens with zero attached hydrogens (tertiary/aromatic N) is 2. The van der Waals surface area contributed by atoms with Crippen LogP contribution in [0.3, 0.4) is 0 Å². The maximum absolute atomic E-state index is 12.4. The van der Waals surface area contributed by atoms with Crippen LogP contribution in [0.2, 0.25) is 0 Å². The Morgan fingerprint density at radius 2 is 1.94 bits per heavy atom. The van der Waals surface area contributed by atoms with Gasteiger partial charge < -0.3 is 10.6 Å². The van der Waals surface area contributed by atoms with E-state index in [1.54, 1.807) is 0 Å². The van der Waals surface area contributed by atoms with Crippen molar-refractivity contribution in [3.8, 4) is 0 Å². The van der Waals surface area contributed by atoms with E-state index >= 15 is 0 Å². The Kier molecular flexibility index (Phi) is 4.83. The van der Waals surface area contributed by atoms with Crippen LogP contribution in [0.15, 0.2) is 18.2 Å². The van der Waals surface area contributed by atoms with Crippen LogP contribution < -0.4 is 10.6 Å². The van der Waals surface area contributed by atoms with Gasteiger partial charge in [0.1, 0.15) is 11.5 Å². The molecule has 0 radical (unpaired) electrons. The van der Waals surface area contributed by atoms with E-state index in [0.29, 0.717) is 0 Å². The SMILES string of the molecule is NCCN(CC(F)F)c1cccc(C(F)(F)F)n1. The van der Waals surface area contributed by atoms with Crippen LogP contribution in [0.25, 0.3) is 0 Å². The van der Waals surface area contributed by atoms with Crippen LogP contribution >= 0.6 is 0 Å². The first-order valence-electron chi connectivity index (χ1n) is 5.12. The minimum Gasteiger partial charge on any atom is -0.350 e. The maximum atomic E-state index is 12.4. The molecule has 1 aromatic heterocycles. The fourth-order valence-corrected chi connectivity index (χ4v) is 1.38. The van der Waals surface area contributed by atoms with E-state index in [2.05, 4.69) is 4.98 Å². The molecule has 0 bridgehead atoms. The van der Waals surface area contributed by atoms with E-state index in [4.69, 9.17) is 5.73 Å². The van der Waals surface area contributed by atoms with Gasteiger partial charge in [0.15, 0.2) is 0 Å². The second kappa shape index (κ2) is 5.94. The molecule has 2 N–H and O–H groups in total. The number of anilines is 1. The largest absolute Gasteiger partial charge is 0.433 e. The van der Waals surface area contributed by atoms with Gasteiger partial charge in [-0.05, 0) is 12.1 Å². The highest BCUT2D eigenvalue weighted by molar-refractivity contribution is 5.39. The predicted octanol–water partition coefficient (Wildman–Crippen LogP) is 2.13. The molecule has 0 amide bonds. The fourth-order valence-electron chi connectivity index (χ4n) is 1.38. The number of aromatic nitrogens is 1. The lowest BCUT2D eigenvalue weighted by atomic mass is 10.3. The molecule has 1 aromatic rings. The first-order chi connectivity index (χ1) is 8.34. The molecular weight excluding hydrogens is 257 g/mol. The van der Waals surface area contributed by atoms with Gasteiger partial charge in [0.2, 0.25) is 0 Å². The molecule has 0 aliphatic carbocycles. The molecule has 18 heavy (non-hydrogen) atoms. The summed E-state index contributed by atoms with van der Waals surface area (Å²) in [5, 5.41) is 0. The predicted molar refractivity (Wildman–Crippen MR) is 56.5 cm³/mol. The van der Waals surface area contributed by atoms with Crippen molar-refractivity contribution >= 4 is 5.82 Å². The molecule has 102 valence electrons. The van der Waals surface area contributed by atoms with Gasteiger partial charge in [0.05, 0.1) is 6.54 Å². The Morgan fingerprint density at radius 1 is 1.28 bits per heavy atom. The summed E-state index contributed by atoms with van der Waals surface area (Å²) in [5.41, 5.74) is 4.12. The summed E-state index contributed by atoms with van der Waals surface area (Å²) in [6.45, 7) is -0.644. The third-order valence-corrected chi connectivity index (χ3v) is 2.11. The van der Waals surface area contributed by atoms with Crippen molar-refractivity contribution in [3.05, 3.63) is 23.9 Å². The van der Waals surface area contributed by atoms with Gasteiger partial charge in [-0.1, -0.05) is 6.07 Å². The molecule has 0 aliphatic heterocycles. The molecule has 3 nitrogen and oxygen atoms in total. The number of halogens is 5. The molecule has 0 saturated heterocycles. The van der Waals surface area contributed by atoms with E-state index in [1.165, 1.54) is 6.07 Å². The van der Waals surface area contributed by atoms with Crippen LogP contribution in [0.4, 0.5) is 27.8 Å². The van der Waals surface area contributed by atoms with Crippen LogP contribution in [0.5, 0.6) is 0 Å². The Morgan fingerprint density at radius 3 is 2.44 bits per heavy atom. The van der Waals surface area contributed by atoms with Crippen molar-refractivity contribution < 1.29 is 22.0 Å². The van der Waals surface area contributed by atoms with Gasteiger partial charge in [-0.2, -0.15) is 13.2 Å². The van der Waals surface area contributed by atoms with Gasteiger partial charge >= 0.3 is 6.18 Å². The van der Waals surface area contributed by atoms with E-state index < -0.39 is 24.8 Å². The van der Waals surface area contributed by atoms with Crippen molar-refractivity contribution in [1.29, 1.82) is 0 Å². The third-order valence-electron chi connectivity index (χ3n) is 2.11. The second-order valence-corrected chi connectivity index (χ2v) is 3.50. The van der Waals surface area contributed by atoms with Crippen LogP contribution in [-0.2, 0) is 6.18 Å². The summed E-state index contributed by atoms with van der Waals surface area (Å²) in [4.78, 5) is 4.36. The number of hydrogen-bond acceptors (Lipinski definition) is 3. The van der Waals surface area contributed by atoms with Crippen LogP contribution in [0.1, 0.15) is 5.69 Å². The first-order valence-corrected chi connectivity index (χ1v) is 5.12. The summed E-state index contributed by atoms with van der Waals surface area (Å²) in [5.74, 6) is -0.157. The highest BCUT2D eigenvalue weighted by Crippen LogP contribution is 2.28. The molecule has 0 fully saturated rings. The number of nitrogens with two attached hydrogens (primary N) is 1. The highest BCUT2D eigenvalue weighted by atomic mass is 19.4. The summed E-state index contributed by atoms with van der Waals surface area (Å²) in [6, 6.07) is 3.15. The lowest BCUT2D eigenvalue weighted by Crippen LogP contribution is -2.34. The van der Waals surface area contributed by atoms with Crippen LogP contribution in [0, 0.1) is 0 Å². The summed E-state index contributed by atoms with van der Waals surface area (Å²) in [7, 11) is 0. The van der Waals surface area contributed by atoms with Gasteiger partial charge in [-0.25, -0.2) is 13.8 Å². The monoisotopic (exact) mass is 269 g/mol. The number of hydrogen-bond donors (Lipinski definition) is 1. The van der Waals surface area contributed by atoms with E-state index in [1.807, 2.05) is 0 Å². The van der Waals surface area contributed by atoms with Gasteiger partial charge in [0.25, 0.3) is 6.43 Å². The smallest absolute Gasteiger partial charge is 0.350 e. The molecule has 0 unspecified atom stereocenters. The number of pyridine rings is 1. The molecule has 1 heterocycles. The van der Waals surface area contributed by atoms with Gasteiger partial charge in [-0.15, -0.1) is 0 Å². The molecule has 0 atom stereocenters. The van der Waals surface area contributed by atoms with E-state index in [9.17, 15) is 22.0 Å². The molecule has 1 rings (SSSR count). The maximum Gasteiger partial charge on any atom is 0.433 e. The lowest BCUT2D eigenvalue weighted by molar-refractivity contribution is -0.141. The lowest BCUT2D eigenvalue weighted by Gasteiger charge is -2.23. The first kappa shape index (κ1) is 14.6. The molecule has 0 saturated carbocycles. The molecule has 0 aliphatic rings. The molecule has 8 heteroatoms. The topological polar surface area (TPSA) is 42.1 Å². The number of rotatable bonds is 5. The van der Waals surface area contributed by atoms with Crippen molar-refractivity contribution in [2.45, 2.75) is 12.6 Å². The zero-order chi connectivity index (χ0) is 13.8. The minimum absolute atomic E-state index is 0.0126. The molecule has 0 spiro atoms. The Labute approximate surface area is 100 Å². The van der Waals surface area contributed by atoms with Crippen molar-refractivity contribution in [1.82, 2.24) is 4.98 Å². The summed E-state index contributed by atoms with van der Waals surface area (Å²) >= 11 is 0. The fraction of sp³-hybridized carbons (Fsp3) is 0.500. The quantitative estimate of drug-likeness (QED) is 0.833. The van der Waals surface area contributed by atoms with E-state index in [-0.39, 0.29) is 18.9 Å². The highest BCUT2D eigenvalue weighted by Gasteiger charge is 2.32. The normalized spacial score (nSPS) is 11.9. The standard InChI is InChI=1S/C10H12F5N3/c11-8(12)6-18(5-4-16)9-3-1-2-7(17-9)10(13,14)15/h1-3,8H,4-6,16H2. The third kappa shape index (κ3) is 4.10. The zero-order valence-electron chi connectivity index (χ0n) is 9.29. The van der Waals surface area contributed by atoms with Gasteiger partial charge in [-0.3, -0.25) is 0 Å². The summed E-state index contributed by atoms with van der Waals surface area (Å²) in [6.07, 6.45) is -7.28. The average molecular weight is 269 g/mol. The number of alkyl halides is 5.